The lowest BCUT2D eigenvalue weighted by Crippen LogP contribution is -2.16. The van der Waals surface area contributed by atoms with Crippen molar-refractivity contribution >= 4 is 5.65 Å². The van der Waals surface area contributed by atoms with Crippen LogP contribution in [0.5, 0.6) is 0 Å². The van der Waals surface area contributed by atoms with Gasteiger partial charge >= 0.3 is 0 Å². The Morgan fingerprint density at radius 1 is 1.25 bits per heavy atom. The zero-order valence-electron chi connectivity index (χ0n) is 10.4. The highest BCUT2D eigenvalue weighted by Gasteiger charge is 2.23. The molecule has 2 aromatic heterocycles. The van der Waals surface area contributed by atoms with Crippen LogP contribution in [0, 0.1) is 19.7 Å². The van der Waals surface area contributed by atoms with Gasteiger partial charge in [0.1, 0.15) is 0 Å². The van der Waals surface area contributed by atoms with Gasteiger partial charge in [0.15, 0.2) is 11.5 Å². The highest BCUT2D eigenvalue weighted by atomic mass is 19.1. The molecular formula is C13H17FN2. The monoisotopic (exact) mass is 220 g/mol. The summed E-state index contributed by atoms with van der Waals surface area (Å²) >= 11 is 0. The number of aryl methyl sites for hydroxylation is 2. The molecule has 3 heteroatoms. The van der Waals surface area contributed by atoms with E-state index >= 15 is 0 Å². The van der Waals surface area contributed by atoms with Gasteiger partial charge in [-0.15, -0.1) is 0 Å². The number of imidazole rings is 1. The van der Waals surface area contributed by atoms with Crippen molar-refractivity contribution in [1.29, 1.82) is 0 Å². The molecule has 2 nitrogen and oxygen atoms in total. The second-order valence-corrected chi connectivity index (χ2v) is 5.35. The lowest BCUT2D eigenvalue weighted by molar-refractivity contribution is 0.556. The topological polar surface area (TPSA) is 17.3 Å². The van der Waals surface area contributed by atoms with Crippen LogP contribution in [-0.4, -0.2) is 9.38 Å². The van der Waals surface area contributed by atoms with Crippen molar-refractivity contribution in [3.63, 3.8) is 0 Å². The molecular weight excluding hydrogens is 203 g/mol. The Hall–Kier alpha value is -1.38. The molecule has 0 saturated carbocycles. The predicted molar refractivity (Wildman–Crippen MR) is 63.3 cm³/mol. The zero-order chi connectivity index (χ0) is 12.1. The number of rotatable bonds is 0. The second-order valence-electron chi connectivity index (χ2n) is 5.35. The SMILES string of the molecule is Cc1cc(F)c2nc(C)c(C(C)(C)C)n2c1. The molecule has 0 spiro atoms. The first-order valence-electron chi connectivity index (χ1n) is 5.46. The van der Waals surface area contributed by atoms with Crippen LogP contribution in [0.1, 0.15) is 37.7 Å². The van der Waals surface area contributed by atoms with E-state index < -0.39 is 0 Å². The van der Waals surface area contributed by atoms with E-state index in [1.165, 1.54) is 6.07 Å². The molecule has 0 aliphatic carbocycles. The fraction of sp³-hybridized carbons (Fsp3) is 0.462. The maximum Gasteiger partial charge on any atom is 0.173 e. The third-order valence-corrected chi connectivity index (χ3v) is 2.70. The Kier molecular flexibility index (Phi) is 2.30. The average Bonchev–Trinajstić information content (AvgIpc) is 2.40. The molecule has 0 bridgehead atoms. The molecule has 0 amide bonds. The summed E-state index contributed by atoms with van der Waals surface area (Å²) < 4.78 is 15.6. The Morgan fingerprint density at radius 2 is 1.88 bits per heavy atom. The fourth-order valence-corrected chi connectivity index (χ4v) is 2.25. The molecule has 0 radical (unpaired) electrons. The van der Waals surface area contributed by atoms with Crippen LogP contribution in [-0.2, 0) is 5.41 Å². The van der Waals surface area contributed by atoms with Gasteiger partial charge in [-0.3, -0.25) is 0 Å². The summed E-state index contributed by atoms with van der Waals surface area (Å²) in [5.74, 6) is -0.251. The van der Waals surface area contributed by atoms with Gasteiger partial charge in [0.2, 0.25) is 0 Å². The van der Waals surface area contributed by atoms with Crippen molar-refractivity contribution in [2.75, 3.05) is 0 Å². The van der Waals surface area contributed by atoms with Crippen LogP contribution >= 0.6 is 0 Å². The third-order valence-electron chi connectivity index (χ3n) is 2.70. The van der Waals surface area contributed by atoms with Gasteiger partial charge in [-0.2, -0.15) is 0 Å². The minimum absolute atomic E-state index is 0.0380. The van der Waals surface area contributed by atoms with Gasteiger partial charge in [-0.1, -0.05) is 20.8 Å². The zero-order valence-corrected chi connectivity index (χ0v) is 10.4. The van der Waals surface area contributed by atoms with Crippen molar-refractivity contribution in [3.8, 4) is 0 Å². The van der Waals surface area contributed by atoms with Crippen LogP contribution in [0.15, 0.2) is 12.3 Å². The van der Waals surface area contributed by atoms with E-state index in [2.05, 4.69) is 25.8 Å². The van der Waals surface area contributed by atoms with Crippen LogP contribution in [0.2, 0.25) is 0 Å². The first kappa shape index (κ1) is 11.1. The van der Waals surface area contributed by atoms with E-state index in [1.807, 2.05) is 24.4 Å². The molecule has 0 saturated heterocycles. The van der Waals surface area contributed by atoms with Crippen LogP contribution < -0.4 is 0 Å². The molecule has 0 fully saturated rings. The number of hydrogen-bond donors (Lipinski definition) is 0. The largest absolute Gasteiger partial charge is 0.301 e. The van der Waals surface area contributed by atoms with Gasteiger partial charge in [-0.05, 0) is 25.5 Å². The quantitative estimate of drug-likeness (QED) is 0.665. The molecule has 2 heterocycles. The molecule has 0 aliphatic rings. The Labute approximate surface area is 95.1 Å². The summed E-state index contributed by atoms with van der Waals surface area (Å²) in [6.45, 7) is 10.2. The Bertz CT molecular complexity index is 547. The van der Waals surface area contributed by atoms with E-state index in [0.717, 1.165) is 17.0 Å². The first-order chi connectivity index (χ1) is 7.30. The average molecular weight is 220 g/mol. The minimum Gasteiger partial charge on any atom is -0.301 e. The molecule has 0 aromatic carbocycles. The summed E-state index contributed by atoms with van der Waals surface area (Å²) in [7, 11) is 0. The van der Waals surface area contributed by atoms with Gasteiger partial charge in [0.25, 0.3) is 0 Å². The number of halogens is 1. The summed E-state index contributed by atoms with van der Waals surface area (Å²) in [5, 5.41) is 0. The number of aromatic nitrogens is 2. The van der Waals surface area contributed by atoms with E-state index in [1.54, 1.807) is 0 Å². The molecule has 2 rings (SSSR count). The molecule has 86 valence electrons. The third kappa shape index (κ3) is 1.60. The maximum atomic E-state index is 13.7. The highest BCUT2D eigenvalue weighted by Crippen LogP contribution is 2.27. The minimum atomic E-state index is -0.251. The summed E-state index contributed by atoms with van der Waals surface area (Å²) in [6.07, 6.45) is 1.94. The molecule has 0 unspecified atom stereocenters. The van der Waals surface area contributed by atoms with Crippen LogP contribution in [0.3, 0.4) is 0 Å². The number of fused-ring (bicyclic) bond motifs is 1. The standard InChI is InChI=1S/C13H17FN2/c1-8-6-10(14)12-15-9(2)11(13(3,4)5)16(12)7-8/h6-7H,1-5H3. The van der Waals surface area contributed by atoms with Crippen molar-refractivity contribution < 1.29 is 4.39 Å². The van der Waals surface area contributed by atoms with Crippen molar-refractivity contribution in [3.05, 3.63) is 35.0 Å². The predicted octanol–water partition coefficient (Wildman–Crippen LogP) is 3.39. The van der Waals surface area contributed by atoms with Crippen molar-refractivity contribution in [2.24, 2.45) is 0 Å². The molecule has 0 N–H and O–H groups in total. The van der Waals surface area contributed by atoms with E-state index in [4.69, 9.17) is 0 Å². The first-order valence-corrected chi connectivity index (χ1v) is 5.46. The normalized spacial score (nSPS) is 12.4. The van der Waals surface area contributed by atoms with Crippen molar-refractivity contribution in [2.45, 2.75) is 40.0 Å². The summed E-state index contributed by atoms with van der Waals surface area (Å²) in [4.78, 5) is 4.31. The van der Waals surface area contributed by atoms with Gasteiger partial charge in [-0.25, -0.2) is 9.37 Å². The molecule has 16 heavy (non-hydrogen) atoms. The van der Waals surface area contributed by atoms with Gasteiger partial charge in [0.05, 0.1) is 11.4 Å². The van der Waals surface area contributed by atoms with E-state index in [0.29, 0.717) is 5.65 Å². The van der Waals surface area contributed by atoms with Crippen LogP contribution in [0.4, 0.5) is 4.39 Å². The van der Waals surface area contributed by atoms with E-state index in [-0.39, 0.29) is 11.2 Å². The Balaban J connectivity index is 2.89. The summed E-state index contributed by atoms with van der Waals surface area (Å²) in [5.41, 5.74) is 3.27. The number of hydrogen-bond acceptors (Lipinski definition) is 1. The Morgan fingerprint density at radius 3 is 2.44 bits per heavy atom. The lowest BCUT2D eigenvalue weighted by atomic mass is 9.91. The second kappa shape index (κ2) is 3.30. The van der Waals surface area contributed by atoms with Gasteiger partial charge in [0, 0.05) is 11.6 Å². The van der Waals surface area contributed by atoms with Gasteiger partial charge < -0.3 is 4.40 Å². The number of pyridine rings is 1. The smallest absolute Gasteiger partial charge is 0.173 e. The number of nitrogens with zero attached hydrogens (tertiary/aromatic N) is 2. The molecule has 0 aliphatic heterocycles. The summed E-state index contributed by atoms with van der Waals surface area (Å²) in [6, 6.07) is 1.52. The van der Waals surface area contributed by atoms with E-state index in [9.17, 15) is 4.39 Å². The van der Waals surface area contributed by atoms with Crippen molar-refractivity contribution in [1.82, 2.24) is 9.38 Å². The highest BCUT2D eigenvalue weighted by molar-refractivity contribution is 5.47. The lowest BCUT2D eigenvalue weighted by Gasteiger charge is -2.19. The maximum absolute atomic E-state index is 13.7. The van der Waals surface area contributed by atoms with Crippen LogP contribution in [0.25, 0.3) is 5.65 Å². The molecule has 2 aromatic rings. The fourth-order valence-electron chi connectivity index (χ4n) is 2.25. The molecule has 0 atom stereocenters.